The molecule has 0 radical (unpaired) electrons. The number of amides is 1. The summed E-state index contributed by atoms with van der Waals surface area (Å²) in [6, 6.07) is 10.9. The predicted molar refractivity (Wildman–Crippen MR) is 109 cm³/mol. The van der Waals surface area contributed by atoms with Crippen LogP contribution in [0.15, 0.2) is 42.5 Å². The highest BCUT2D eigenvalue weighted by atomic mass is 35.5. The lowest BCUT2D eigenvalue weighted by Gasteiger charge is -2.30. The fourth-order valence-corrected chi connectivity index (χ4v) is 4.22. The minimum atomic E-state index is -3.19. The first kappa shape index (κ1) is 21.5. The van der Waals surface area contributed by atoms with Gasteiger partial charge < -0.3 is 10.1 Å². The first-order chi connectivity index (χ1) is 13.7. The van der Waals surface area contributed by atoms with Crippen LogP contribution in [-0.4, -0.2) is 44.1 Å². The zero-order valence-electron chi connectivity index (χ0n) is 15.9. The second-order valence-electron chi connectivity index (χ2n) is 6.90. The Hall–Kier alpha value is -2.16. The molecule has 0 saturated carbocycles. The largest absolute Gasteiger partial charge is 0.489 e. The molecule has 0 spiro atoms. The van der Waals surface area contributed by atoms with Crippen LogP contribution in [0.3, 0.4) is 0 Å². The summed E-state index contributed by atoms with van der Waals surface area (Å²) in [5, 5.41) is 2.95. The van der Waals surface area contributed by atoms with Crippen LogP contribution in [0.5, 0.6) is 5.75 Å². The van der Waals surface area contributed by atoms with Gasteiger partial charge in [-0.05, 0) is 37.1 Å². The van der Waals surface area contributed by atoms with E-state index in [1.165, 1.54) is 22.7 Å². The van der Waals surface area contributed by atoms with Gasteiger partial charge in [0.2, 0.25) is 10.0 Å². The van der Waals surface area contributed by atoms with Gasteiger partial charge >= 0.3 is 0 Å². The highest BCUT2D eigenvalue weighted by Crippen LogP contribution is 2.29. The quantitative estimate of drug-likeness (QED) is 0.748. The van der Waals surface area contributed by atoms with E-state index in [2.05, 4.69) is 5.32 Å². The Bertz CT molecular complexity index is 992. The molecule has 1 aliphatic rings. The minimum absolute atomic E-state index is 0.0697. The van der Waals surface area contributed by atoms with Gasteiger partial charge in [-0.2, -0.15) is 0 Å². The third-order valence-electron chi connectivity index (χ3n) is 4.75. The first-order valence-electron chi connectivity index (χ1n) is 9.17. The van der Waals surface area contributed by atoms with Crippen LogP contribution in [0, 0.1) is 5.82 Å². The van der Waals surface area contributed by atoms with Gasteiger partial charge in [-0.3, -0.25) is 4.79 Å². The maximum Gasteiger partial charge on any atom is 0.251 e. The number of nitrogens with zero attached hydrogens (tertiary/aromatic N) is 1. The zero-order chi connectivity index (χ0) is 21.0. The number of sulfonamides is 1. The molecular formula is C20H22ClFN2O4S. The number of ether oxygens (including phenoxy) is 1. The number of halogens is 2. The summed E-state index contributed by atoms with van der Waals surface area (Å²) in [5.41, 5.74) is 0.734. The van der Waals surface area contributed by atoms with Crippen LogP contribution in [0.4, 0.5) is 4.39 Å². The molecule has 3 rings (SSSR count). The Balaban J connectivity index is 1.57. The molecule has 2 aromatic rings. The van der Waals surface area contributed by atoms with Gasteiger partial charge in [0, 0.05) is 30.8 Å². The maximum atomic E-state index is 13.6. The molecule has 0 bridgehead atoms. The SMILES string of the molecule is CS(=O)(=O)N1CCC(Oc2ccc(C(=O)NCc3ccccc3F)cc2Cl)CC1. The number of hydrogen-bond acceptors (Lipinski definition) is 4. The Morgan fingerprint density at radius 1 is 1.24 bits per heavy atom. The molecule has 29 heavy (non-hydrogen) atoms. The standard InChI is InChI=1S/C20H22ClFN2O4S/c1-29(26,27)24-10-8-16(9-11-24)28-19-7-6-14(12-17(19)21)20(25)23-13-15-4-2-3-5-18(15)22/h2-7,12,16H,8-11,13H2,1H3,(H,23,25). The lowest BCUT2D eigenvalue weighted by atomic mass is 10.1. The minimum Gasteiger partial charge on any atom is -0.489 e. The number of piperidine rings is 1. The van der Waals surface area contributed by atoms with Crippen molar-refractivity contribution in [1.82, 2.24) is 9.62 Å². The number of carbonyl (C=O) groups excluding carboxylic acids is 1. The fourth-order valence-electron chi connectivity index (χ4n) is 3.12. The molecule has 0 atom stereocenters. The van der Waals surface area contributed by atoms with Gasteiger partial charge in [0.1, 0.15) is 17.7 Å². The molecule has 1 saturated heterocycles. The van der Waals surface area contributed by atoms with Crippen molar-refractivity contribution in [2.24, 2.45) is 0 Å². The molecule has 0 aliphatic carbocycles. The van der Waals surface area contributed by atoms with Gasteiger partial charge in [0.15, 0.2) is 0 Å². The van der Waals surface area contributed by atoms with Crippen LogP contribution >= 0.6 is 11.6 Å². The predicted octanol–water partition coefficient (Wildman–Crippen LogP) is 3.21. The van der Waals surface area contributed by atoms with Crippen LogP contribution in [0.1, 0.15) is 28.8 Å². The van der Waals surface area contributed by atoms with Crippen molar-refractivity contribution in [3.63, 3.8) is 0 Å². The third-order valence-corrected chi connectivity index (χ3v) is 6.35. The molecular weight excluding hydrogens is 419 g/mol. The van der Waals surface area contributed by atoms with Crippen molar-refractivity contribution in [1.29, 1.82) is 0 Å². The van der Waals surface area contributed by atoms with Crippen molar-refractivity contribution in [3.05, 3.63) is 64.4 Å². The van der Waals surface area contributed by atoms with Crippen LogP contribution in [0.2, 0.25) is 5.02 Å². The second-order valence-corrected chi connectivity index (χ2v) is 9.29. The van der Waals surface area contributed by atoms with Crippen LogP contribution in [-0.2, 0) is 16.6 Å². The maximum absolute atomic E-state index is 13.6. The van der Waals surface area contributed by atoms with E-state index in [1.54, 1.807) is 30.3 Å². The number of hydrogen-bond donors (Lipinski definition) is 1. The number of carbonyl (C=O) groups is 1. The number of rotatable bonds is 6. The molecule has 0 aromatic heterocycles. The highest BCUT2D eigenvalue weighted by Gasteiger charge is 2.26. The molecule has 1 N–H and O–H groups in total. The van der Waals surface area contributed by atoms with Gasteiger partial charge in [0.05, 0.1) is 11.3 Å². The van der Waals surface area contributed by atoms with Crippen molar-refractivity contribution in [3.8, 4) is 5.75 Å². The molecule has 1 aliphatic heterocycles. The fraction of sp³-hybridized carbons (Fsp3) is 0.350. The first-order valence-corrected chi connectivity index (χ1v) is 11.4. The average Bonchev–Trinajstić information content (AvgIpc) is 2.68. The molecule has 6 nitrogen and oxygen atoms in total. The Kier molecular flexibility index (Phi) is 6.77. The van der Waals surface area contributed by atoms with E-state index in [-0.39, 0.29) is 29.4 Å². The smallest absolute Gasteiger partial charge is 0.251 e. The van der Waals surface area contributed by atoms with E-state index in [4.69, 9.17) is 16.3 Å². The van der Waals surface area contributed by atoms with E-state index in [9.17, 15) is 17.6 Å². The summed E-state index contributed by atoms with van der Waals surface area (Å²) >= 11 is 6.27. The van der Waals surface area contributed by atoms with E-state index >= 15 is 0 Å². The van der Waals surface area contributed by atoms with Crippen molar-refractivity contribution in [2.75, 3.05) is 19.3 Å². The summed E-state index contributed by atoms with van der Waals surface area (Å²) in [6.07, 6.45) is 2.18. The Labute approximate surface area is 174 Å². The van der Waals surface area contributed by atoms with Gasteiger partial charge in [0.25, 0.3) is 5.91 Å². The van der Waals surface area contributed by atoms with Crippen LogP contribution < -0.4 is 10.1 Å². The average molecular weight is 441 g/mol. The zero-order valence-corrected chi connectivity index (χ0v) is 17.5. The summed E-state index contributed by atoms with van der Waals surface area (Å²) in [5.74, 6) is -0.310. The van der Waals surface area contributed by atoms with Crippen LogP contribution in [0.25, 0.3) is 0 Å². The molecule has 1 amide bonds. The Morgan fingerprint density at radius 2 is 1.93 bits per heavy atom. The normalized spacial score (nSPS) is 15.8. The monoisotopic (exact) mass is 440 g/mol. The molecule has 156 valence electrons. The van der Waals surface area contributed by atoms with Gasteiger partial charge in [-0.25, -0.2) is 17.1 Å². The van der Waals surface area contributed by atoms with Gasteiger partial charge in [-0.1, -0.05) is 29.8 Å². The number of benzene rings is 2. The summed E-state index contributed by atoms with van der Waals surface area (Å²) in [4.78, 5) is 12.3. The second kappa shape index (κ2) is 9.11. The molecule has 9 heteroatoms. The van der Waals surface area contributed by atoms with Crippen molar-refractivity contribution < 1.29 is 22.3 Å². The van der Waals surface area contributed by atoms with E-state index in [1.807, 2.05) is 0 Å². The summed E-state index contributed by atoms with van der Waals surface area (Å²) < 4.78 is 44.1. The van der Waals surface area contributed by atoms with Crippen molar-refractivity contribution >= 4 is 27.5 Å². The molecule has 1 fully saturated rings. The number of nitrogens with one attached hydrogen (secondary N) is 1. The molecule has 1 heterocycles. The molecule has 0 unspecified atom stereocenters. The highest BCUT2D eigenvalue weighted by molar-refractivity contribution is 7.88. The topological polar surface area (TPSA) is 75.7 Å². The Morgan fingerprint density at radius 3 is 2.55 bits per heavy atom. The lowest BCUT2D eigenvalue weighted by Crippen LogP contribution is -2.41. The van der Waals surface area contributed by atoms with E-state index in [0.29, 0.717) is 42.8 Å². The third kappa shape index (κ3) is 5.68. The summed E-state index contributed by atoms with van der Waals surface area (Å²) in [6.45, 7) is 0.871. The summed E-state index contributed by atoms with van der Waals surface area (Å²) in [7, 11) is -3.19. The van der Waals surface area contributed by atoms with Gasteiger partial charge in [-0.15, -0.1) is 0 Å². The van der Waals surface area contributed by atoms with E-state index in [0.717, 1.165) is 0 Å². The van der Waals surface area contributed by atoms with Crippen molar-refractivity contribution in [2.45, 2.75) is 25.5 Å². The van der Waals surface area contributed by atoms with E-state index < -0.39 is 10.0 Å². The lowest BCUT2D eigenvalue weighted by molar-refractivity contribution is 0.0950. The molecule has 2 aromatic carbocycles.